The van der Waals surface area contributed by atoms with E-state index in [1.165, 1.54) is 0 Å². The highest BCUT2D eigenvalue weighted by Crippen LogP contribution is 2.28. The van der Waals surface area contributed by atoms with E-state index in [0.717, 1.165) is 26.7 Å². The van der Waals surface area contributed by atoms with Gasteiger partial charge >= 0.3 is 0 Å². The van der Waals surface area contributed by atoms with Crippen molar-refractivity contribution in [3.05, 3.63) is 29.6 Å². The number of thiazole rings is 1. The average Bonchev–Trinajstić information content (AvgIpc) is 3.00. The monoisotopic (exact) mass is 303 g/mol. The molecule has 0 amide bonds. The summed E-state index contributed by atoms with van der Waals surface area (Å²) in [6.45, 7) is 5.19. The largest absolute Gasteiger partial charge is 0.478 e. The molecule has 6 nitrogen and oxygen atoms in total. The number of ether oxygens (including phenoxy) is 1. The lowest BCUT2D eigenvalue weighted by atomic mass is 10.3. The first-order chi connectivity index (χ1) is 10.2. The molecule has 0 radical (unpaired) electrons. The number of anilines is 1. The van der Waals surface area contributed by atoms with Crippen molar-refractivity contribution in [1.82, 2.24) is 19.7 Å². The van der Waals surface area contributed by atoms with Gasteiger partial charge in [0.15, 0.2) is 10.8 Å². The van der Waals surface area contributed by atoms with Crippen LogP contribution >= 0.6 is 11.3 Å². The lowest BCUT2D eigenvalue weighted by Crippen LogP contribution is -2.04. The average molecular weight is 303 g/mol. The molecule has 3 aromatic rings. The first-order valence-electron chi connectivity index (χ1n) is 6.79. The third-order valence-corrected chi connectivity index (χ3v) is 4.22. The van der Waals surface area contributed by atoms with Crippen molar-refractivity contribution < 1.29 is 4.74 Å². The Labute approximate surface area is 126 Å². The van der Waals surface area contributed by atoms with Crippen molar-refractivity contribution in [3.8, 4) is 5.88 Å². The predicted octanol–water partition coefficient (Wildman–Crippen LogP) is 2.74. The Morgan fingerprint density at radius 3 is 3.05 bits per heavy atom. The molecule has 0 aliphatic rings. The van der Waals surface area contributed by atoms with Gasteiger partial charge in [-0.25, -0.2) is 14.6 Å². The third kappa shape index (κ3) is 2.69. The number of fused-ring (bicyclic) bond motifs is 1. The summed E-state index contributed by atoms with van der Waals surface area (Å²) >= 11 is 1.62. The molecule has 0 saturated carbocycles. The van der Waals surface area contributed by atoms with Crippen molar-refractivity contribution in [2.75, 3.05) is 11.9 Å². The third-order valence-electron chi connectivity index (χ3n) is 3.11. The summed E-state index contributed by atoms with van der Waals surface area (Å²) < 4.78 is 8.45. The number of nitrogens with zero attached hydrogens (tertiary/aromatic N) is 4. The minimum Gasteiger partial charge on any atom is -0.478 e. The zero-order chi connectivity index (χ0) is 14.8. The van der Waals surface area contributed by atoms with Gasteiger partial charge in [-0.05, 0) is 19.9 Å². The van der Waals surface area contributed by atoms with E-state index in [2.05, 4.69) is 20.4 Å². The molecule has 0 aliphatic carbocycles. The summed E-state index contributed by atoms with van der Waals surface area (Å²) in [7, 11) is 1.91. The van der Waals surface area contributed by atoms with E-state index in [-0.39, 0.29) is 0 Å². The van der Waals surface area contributed by atoms with Crippen molar-refractivity contribution >= 4 is 26.8 Å². The molecule has 3 aromatic heterocycles. The second-order valence-corrected chi connectivity index (χ2v) is 5.63. The fraction of sp³-hybridized carbons (Fsp3) is 0.357. The Kier molecular flexibility index (Phi) is 3.74. The van der Waals surface area contributed by atoms with Crippen LogP contribution in [0, 0.1) is 6.92 Å². The fourth-order valence-corrected chi connectivity index (χ4v) is 3.08. The molecule has 21 heavy (non-hydrogen) atoms. The quantitative estimate of drug-likeness (QED) is 0.785. The smallest absolute Gasteiger partial charge is 0.218 e. The number of hydrogen-bond acceptors (Lipinski definition) is 6. The molecular formula is C14H17N5OS. The fourth-order valence-electron chi connectivity index (χ4n) is 2.16. The number of hydrogen-bond donors (Lipinski definition) is 1. The SMILES string of the molecule is CCOc1ncccc1CNc1nc2c(s1)c(C)nn2C. The molecular weight excluding hydrogens is 286 g/mol. The van der Waals surface area contributed by atoms with Gasteiger partial charge < -0.3 is 10.1 Å². The van der Waals surface area contributed by atoms with Crippen LogP contribution in [0.1, 0.15) is 18.2 Å². The Morgan fingerprint density at radius 1 is 1.43 bits per heavy atom. The first kappa shape index (κ1) is 13.8. The molecule has 7 heteroatoms. The number of pyridine rings is 1. The zero-order valence-electron chi connectivity index (χ0n) is 12.3. The molecule has 110 valence electrons. The van der Waals surface area contributed by atoms with Crippen LogP contribution in [0.15, 0.2) is 18.3 Å². The van der Waals surface area contributed by atoms with Gasteiger partial charge in [0.1, 0.15) is 0 Å². The van der Waals surface area contributed by atoms with E-state index in [0.29, 0.717) is 19.0 Å². The molecule has 0 bridgehead atoms. The molecule has 0 fully saturated rings. The summed E-state index contributed by atoms with van der Waals surface area (Å²) in [5.41, 5.74) is 2.94. The van der Waals surface area contributed by atoms with Crippen LogP contribution in [0.3, 0.4) is 0 Å². The maximum absolute atomic E-state index is 5.53. The Morgan fingerprint density at radius 2 is 2.29 bits per heavy atom. The van der Waals surface area contributed by atoms with Crippen LogP contribution in [0.4, 0.5) is 5.13 Å². The summed E-state index contributed by atoms with van der Waals surface area (Å²) in [6.07, 6.45) is 1.74. The molecule has 1 N–H and O–H groups in total. The van der Waals surface area contributed by atoms with Crippen molar-refractivity contribution in [1.29, 1.82) is 0 Å². The lowest BCUT2D eigenvalue weighted by molar-refractivity contribution is 0.323. The van der Waals surface area contributed by atoms with Gasteiger partial charge in [0.25, 0.3) is 0 Å². The molecule has 0 saturated heterocycles. The molecule has 0 atom stereocenters. The van der Waals surface area contributed by atoms with Gasteiger partial charge in [-0.3, -0.25) is 0 Å². The first-order valence-corrected chi connectivity index (χ1v) is 7.61. The lowest BCUT2D eigenvalue weighted by Gasteiger charge is -2.08. The van der Waals surface area contributed by atoms with Crippen molar-refractivity contribution in [3.63, 3.8) is 0 Å². The molecule has 0 spiro atoms. The van der Waals surface area contributed by atoms with Crippen LogP contribution in [-0.4, -0.2) is 26.4 Å². The normalized spacial score (nSPS) is 11.0. The Hall–Kier alpha value is -2.15. The molecule has 3 rings (SSSR count). The second-order valence-electron chi connectivity index (χ2n) is 4.64. The number of nitrogens with one attached hydrogen (secondary N) is 1. The van der Waals surface area contributed by atoms with Crippen LogP contribution in [-0.2, 0) is 13.6 Å². The zero-order valence-corrected chi connectivity index (χ0v) is 13.1. The minimum absolute atomic E-state index is 0.607. The van der Waals surface area contributed by atoms with Gasteiger partial charge in [-0.1, -0.05) is 17.4 Å². The van der Waals surface area contributed by atoms with Gasteiger partial charge in [0.2, 0.25) is 5.88 Å². The summed E-state index contributed by atoms with van der Waals surface area (Å²) in [5.74, 6) is 0.673. The number of rotatable bonds is 5. The summed E-state index contributed by atoms with van der Waals surface area (Å²) in [5, 5.41) is 8.57. The van der Waals surface area contributed by atoms with E-state index in [1.54, 1.807) is 17.5 Å². The highest BCUT2D eigenvalue weighted by atomic mass is 32.1. The van der Waals surface area contributed by atoms with Gasteiger partial charge in [0, 0.05) is 25.4 Å². The van der Waals surface area contributed by atoms with Crippen LogP contribution in [0.2, 0.25) is 0 Å². The van der Waals surface area contributed by atoms with Crippen molar-refractivity contribution in [2.24, 2.45) is 7.05 Å². The summed E-state index contributed by atoms with van der Waals surface area (Å²) in [6, 6.07) is 3.91. The van der Waals surface area contributed by atoms with E-state index in [1.807, 2.05) is 37.7 Å². The van der Waals surface area contributed by atoms with E-state index in [9.17, 15) is 0 Å². The van der Waals surface area contributed by atoms with E-state index < -0.39 is 0 Å². The van der Waals surface area contributed by atoms with Crippen molar-refractivity contribution in [2.45, 2.75) is 20.4 Å². The van der Waals surface area contributed by atoms with E-state index >= 15 is 0 Å². The number of aryl methyl sites for hydroxylation is 2. The highest BCUT2D eigenvalue weighted by molar-refractivity contribution is 7.22. The molecule has 0 aliphatic heterocycles. The Balaban J connectivity index is 1.79. The molecule has 0 unspecified atom stereocenters. The standard InChI is InChI=1S/C14H17N5OS/c1-4-20-13-10(6-5-7-15-13)8-16-14-17-12-11(21-14)9(2)18-19(12)3/h5-7H,4,8H2,1-3H3,(H,16,17). The molecule has 0 aromatic carbocycles. The number of aromatic nitrogens is 4. The molecule has 3 heterocycles. The topological polar surface area (TPSA) is 64.9 Å². The maximum Gasteiger partial charge on any atom is 0.218 e. The minimum atomic E-state index is 0.607. The van der Waals surface area contributed by atoms with E-state index in [4.69, 9.17) is 4.74 Å². The maximum atomic E-state index is 5.53. The van der Waals surface area contributed by atoms with Crippen LogP contribution in [0.25, 0.3) is 10.3 Å². The summed E-state index contributed by atoms with van der Waals surface area (Å²) in [4.78, 5) is 8.82. The van der Waals surface area contributed by atoms with Gasteiger partial charge in [-0.2, -0.15) is 5.10 Å². The van der Waals surface area contributed by atoms with Gasteiger partial charge in [-0.15, -0.1) is 0 Å². The second kappa shape index (κ2) is 5.69. The predicted molar refractivity (Wildman–Crippen MR) is 83.9 cm³/mol. The van der Waals surface area contributed by atoms with Gasteiger partial charge in [0.05, 0.1) is 17.0 Å². The highest BCUT2D eigenvalue weighted by Gasteiger charge is 2.12. The Bertz CT molecular complexity index is 729. The van der Waals surface area contributed by atoms with Crippen LogP contribution < -0.4 is 10.1 Å². The van der Waals surface area contributed by atoms with Crippen LogP contribution in [0.5, 0.6) is 5.88 Å².